The van der Waals surface area contributed by atoms with Crippen molar-refractivity contribution in [2.24, 2.45) is 5.11 Å². The molecule has 7 nitrogen and oxygen atoms in total. The lowest BCUT2D eigenvalue weighted by molar-refractivity contribution is -0.177. The molecule has 1 rings (SSSR count). The van der Waals surface area contributed by atoms with E-state index in [2.05, 4.69) is 10.0 Å². The van der Waals surface area contributed by atoms with Crippen molar-refractivity contribution in [1.29, 1.82) is 0 Å². The molecule has 0 heterocycles. The van der Waals surface area contributed by atoms with Crippen LogP contribution in [0, 0.1) is 0 Å². The van der Waals surface area contributed by atoms with Gasteiger partial charge in [-0.05, 0) is 31.9 Å². The standard InChI is InChI=1S/C16H19F3N4O3/c1-15(2,3)26-13(24)12(22-14(25)16(17,18)19)11(9-21-23-20)10-7-5-4-6-8-10/h4-8,11-12H,9H2,1-3H3,(H,22,25). The Labute approximate surface area is 148 Å². The normalized spacial score (nSPS) is 13.9. The van der Waals surface area contributed by atoms with Crippen molar-refractivity contribution in [3.8, 4) is 0 Å². The molecular formula is C16H19F3N4O3. The minimum absolute atomic E-state index is 0.345. The van der Waals surface area contributed by atoms with Gasteiger partial charge in [-0.25, -0.2) is 4.79 Å². The van der Waals surface area contributed by atoms with Gasteiger partial charge in [0, 0.05) is 17.4 Å². The van der Waals surface area contributed by atoms with Crippen LogP contribution in [0.15, 0.2) is 35.4 Å². The van der Waals surface area contributed by atoms with Gasteiger partial charge in [-0.2, -0.15) is 13.2 Å². The van der Waals surface area contributed by atoms with Gasteiger partial charge in [-0.1, -0.05) is 35.4 Å². The molecule has 2 unspecified atom stereocenters. The number of ether oxygens (including phenoxy) is 1. The molecule has 0 spiro atoms. The maximum atomic E-state index is 12.7. The van der Waals surface area contributed by atoms with Crippen LogP contribution < -0.4 is 5.32 Å². The lowest BCUT2D eigenvalue weighted by atomic mass is 9.91. The molecule has 0 aliphatic carbocycles. The van der Waals surface area contributed by atoms with Gasteiger partial charge in [-0.15, -0.1) is 0 Å². The number of amides is 1. The van der Waals surface area contributed by atoms with Crippen LogP contribution in [0.4, 0.5) is 13.2 Å². The first kappa shape index (κ1) is 21.3. The lowest BCUT2D eigenvalue weighted by Crippen LogP contribution is -2.52. The smallest absolute Gasteiger partial charge is 0.458 e. The fourth-order valence-electron chi connectivity index (χ4n) is 2.14. The number of hydrogen-bond donors (Lipinski definition) is 1. The minimum atomic E-state index is -5.18. The summed E-state index contributed by atoms with van der Waals surface area (Å²) in [6.45, 7) is 4.28. The van der Waals surface area contributed by atoms with E-state index in [1.165, 1.54) is 0 Å². The van der Waals surface area contributed by atoms with Crippen LogP contribution in [-0.4, -0.2) is 36.2 Å². The Balaban J connectivity index is 3.29. The van der Waals surface area contributed by atoms with Crippen LogP contribution in [-0.2, 0) is 14.3 Å². The first-order chi connectivity index (χ1) is 12.0. The Kier molecular flexibility index (Phi) is 7.02. The zero-order valence-corrected chi connectivity index (χ0v) is 14.4. The number of carbonyl (C=O) groups excluding carboxylic acids is 2. The highest BCUT2D eigenvalue weighted by atomic mass is 19.4. The second-order valence-electron chi connectivity index (χ2n) is 6.41. The second-order valence-corrected chi connectivity index (χ2v) is 6.41. The maximum Gasteiger partial charge on any atom is 0.471 e. The Morgan fingerprint density at radius 2 is 1.81 bits per heavy atom. The van der Waals surface area contributed by atoms with Crippen LogP contribution in [0.5, 0.6) is 0 Å². The Morgan fingerprint density at radius 3 is 2.27 bits per heavy atom. The number of azide groups is 1. The molecule has 1 amide bonds. The van der Waals surface area contributed by atoms with Gasteiger partial charge in [0.1, 0.15) is 11.6 Å². The van der Waals surface area contributed by atoms with Crippen molar-refractivity contribution < 1.29 is 27.5 Å². The van der Waals surface area contributed by atoms with Gasteiger partial charge in [-0.3, -0.25) is 4.79 Å². The molecule has 142 valence electrons. The predicted molar refractivity (Wildman–Crippen MR) is 87.0 cm³/mol. The molecule has 0 aliphatic rings. The van der Waals surface area contributed by atoms with Crippen molar-refractivity contribution in [2.45, 2.75) is 44.5 Å². The molecule has 26 heavy (non-hydrogen) atoms. The number of carbonyl (C=O) groups is 2. The van der Waals surface area contributed by atoms with E-state index in [4.69, 9.17) is 10.3 Å². The third kappa shape index (κ3) is 6.64. The summed E-state index contributed by atoms with van der Waals surface area (Å²) in [6, 6.07) is 6.30. The first-order valence-corrected chi connectivity index (χ1v) is 7.62. The molecule has 1 aromatic carbocycles. The van der Waals surface area contributed by atoms with Gasteiger partial charge in [0.05, 0.1) is 0 Å². The number of nitrogens with one attached hydrogen (secondary N) is 1. The van der Waals surface area contributed by atoms with Gasteiger partial charge >= 0.3 is 18.1 Å². The summed E-state index contributed by atoms with van der Waals surface area (Å²) in [6.07, 6.45) is -5.18. The summed E-state index contributed by atoms with van der Waals surface area (Å²) in [5, 5.41) is 5.02. The highest BCUT2D eigenvalue weighted by molar-refractivity contribution is 5.88. The van der Waals surface area contributed by atoms with E-state index >= 15 is 0 Å². The summed E-state index contributed by atoms with van der Waals surface area (Å²) in [4.78, 5) is 26.5. The second kappa shape index (κ2) is 8.57. The molecular weight excluding hydrogens is 353 g/mol. The van der Waals surface area contributed by atoms with Crippen molar-refractivity contribution in [3.05, 3.63) is 46.3 Å². The molecule has 0 saturated heterocycles. The van der Waals surface area contributed by atoms with Crippen LogP contribution in [0.3, 0.4) is 0 Å². The fourth-order valence-corrected chi connectivity index (χ4v) is 2.14. The molecule has 2 atom stereocenters. The zero-order valence-electron chi connectivity index (χ0n) is 14.4. The van der Waals surface area contributed by atoms with E-state index in [1.54, 1.807) is 56.4 Å². The van der Waals surface area contributed by atoms with Crippen molar-refractivity contribution in [2.75, 3.05) is 6.54 Å². The largest absolute Gasteiger partial charge is 0.471 e. The van der Waals surface area contributed by atoms with E-state index in [9.17, 15) is 22.8 Å². The van der Waals surface area contributed by atoms with Crippen molar-refractivity contribution in [3.63, 3.8) is 0 Å². The highest BCUT2D eigenvalue weighted by Crippen LogP contribution is 2.25. The van der Waals surface area contributed by atoms with Crippen molar-refractivity contribution >= 4 is 11.9 Å². The summed E-state index contributed by atoms with van der Waals surface area (Å²) in [5.41, 5.74) is 7.98. The van der Waals surface area contributed by atoms with E-state index in [0.717, 1.165) is 0 Å². The Morgan fingerprint density at radius 1 is 1.23 bits per heavy atom. The van der Waals surface area contributed by atoms with E-state index in [-0.39, 0.29) is 6.54 Å². The maximum absolute atomic E-state index is 12.7. The van der Waals surface area contributed by atoms with Gasteiger partial charge in [0.15, 0.2) is 0 Å². The van der Waals surface area contributed by atoms with Gasteiger partial charge in [0.25, 0.3) is 0 Å². The van der Waals surface area contributed by atoms with Crippen LogP contribution in [0.25, 0.3) is 10.4 Å². The first-order valence-electron chi connectivity index (χ1n) is 7.62. The number of rotatable bonds is 6. The Bertz CT molecular complexity index is 680. The summed E-state index contributed by atoms with van der Waals surface area (Å²) in [7, 11) is 0. The van der Waals surface area contributed by atoms with Gasteiger partial charge < -0.3 is 10.1 Å². The van der Waals surface area contributed by atoms with Gasteiger partial charge in [0.2, 0.25) is 0 Å². The average molecular weight is 372 g/mol. The Hall–Kier alpha value is -2.74. The van der Waals surface area contributed by atoms with Crippen LogP contribution in [0.1, 0.15) is 32.3 Å². The number of hydrogen-bond acceptors (Lipinski definition) is 4. The average Bonchev–Trinajstić information content (AvgIpc) is 2.52. The molecule has 1 aromatic rings. The molecule has 0 bridgehead atoms. The van der Waals surface area contributed by atoms with E-state index < -0.39 is 35.6 Å². The number of benzene rings is 1. The fraction of sp³-hybridized carbons (Fsp3) is 0.500. The van der Waals surface area contributed by atoms with Crippen LogP contribution >= 0.6 is 0 Å². The topological polar surface area (TPSA) is 104 Å². The number of nitrogens with zero attached hydrogens (tertiary/aromatic N) is 3. The number of esters is 1. The third-order valence-corrected chi connectivity index (χ3v) is 3.18. The minimum Gasteiger partial charge on any atom is -0.458 e. The molecule has 0 saturated carbocycles. The molecule has 0 radical (unpaired) electrons. The quantitative estimate of drug-likeness (QED) is 0.358. The van der Waals surface area contributed by atoms with E-state index in [0.29, 0.717) is 5.56 Å². The SMILES string of the molecule is CC(C)(C)OC(=O)C(NC(=O)C(F)(F)F)C(CN=[N+]=[N-])c1ccccc1. The summed E-state index contributed by atoms with van der Waals surface area (Å²) >= 11 is 0. The van der Waals surface area contributed by atoms with Crippen LogP contribution in [0.2, 0.25) is 0 Å². The number of halogens is 3. The van der Waals surface area contributed by atoms with E-state index in [1.807, 2.05) is 0 Å². The summed E-state index contributed by atoms with van der Waals surface area (Å²) in [5.74, 6) is -4.37. The molecule has 10 heteroatoms. The molecule has 1 N–H and O–H groups in total. The highest BCUT2D eigenvalue weighted by Gasteiger charge is 2.43. The lowest BCUT2D eigenvalue weighted by Gasteiger charge is -2.29. The van der Waals surface area contributed by atoms with Crippen molar-refractivity contribution in [1.82, 2.24) is 5.32 Å². The molecule has 0 aliphatic heterocycles. The third-order valence-electron chi connectivity index (χ3n) is 3.18. The monoisotopic (exact) mass is 372 g/mol. The predicted octanol–water partition coefficient (Wildman–Crippen LogP) is 3.47. The molecule has 0 aromatic heterocycles. The molecule has 0 fully saturated rings. The zero-order chi connectivity index (χ0) is 20.0. The summed E-state index contributed by atoms with van der Waals surface area (Å²) < 4.78 is 43.2. The number of alkyl halides is 3.